The van der Waals surface area contributed by atoms with Gasteiger partial charge < -0.3 is 4.57 Å². The fourth-order valence-electron chi connectivity index (χ4n) is 2.74. The van der Waals surface area contributed by atoms with Crippen LogP contribution < -0.4 is 5.32 Å². The molecule has 1 aliphatic heterocycles. The van der Waals surface area contributed by atoms with Crippen LogP contribution in [0.5, 0.6) is 0 Å². The Morgan fingerprint density at radius 2 is 2.08 bits per heavy atom. The number of para-hydroxylation sites is 1. The third kappa shape index (κ3) is 2.95. The molecular weight excluding hydrogens is 336 g/mol. The fraction of sp³-hybridized carbons (Fsp3) is 0.111. The topological polar surface area (TPSA) is 78.1 Å². The number of fused-ring (bicyclic) bond motifs is 1. The van der Waals surface area contributed by atoms with Crippen LogP contribution in [0.2, 0.25) is 0 Å². The zero-order valence-corrected chi connectivity index (χ0v) is 14.0. The van der Waals surface area contributed by atoms with Crippen molar-refractivity contribution >= 4 is 46.1 Å². The van der Waals surface area contributed by atoms with Gasteiger partial charge in [-0.05, 0) is 24.4 Å². The lowest BCUT2D eigenvalue weighted by Crippen LogP contribution is -2.53. The van der Waals surface area contributed by atoms with Crippen LogP contribution in [0.4, 0.5) is 0 Å². The second-order valence-corrected chi connectivity index (χ2v) is 5.80. The van der Waals surface area contributed by atoms with E-state index < -0.39 is 11.8 Å². The van der Waals surface area contributed by atoms with Gasteiger partial charge in [0.05, 0.1) is 6.07 Å². The number of rotatable bonds is 4. The van der Waals surface area contributed by atoms with Crippen molar-refractivity contribution in [3.63, 3.8) is 0 Å². The molecule has 0 unspecified atom stereocenters. The van der Waals surface area contributed by atoms with Crippen LogP contribution >= 0.6 is 12.2 Å². The molecule has 3 rings (SSSR count). The number of carbonyl (C=O) groups is 2. The number of thiocarbonyl (C=S) groups is 1. The summed E-state index contributed by atoms with van der Waals surface area (Å²) in [5, 5.41) is 12.4. The third-order valence-electron chi connectivity index (χ3n) is 3.86. The number of nitriles is 1. The molecule has 2 amide bonds. The molecule has 2 aromatic rings. The van der Waals surface area contributed by atoms with Gasteiger partial charge in [-0.25, -0.2) is 0 Å². The van der Waals surface area contributed by atoms with E-state index in [0.717, 1.165) is 10.9 Å². The molecular formula is C18H14N4O2S. The molecule has 7 heteroatoms. The van der Waals surface area contributed by atoms with Crippen LogP contribution in [0.25, 0.3) is 17.0 Å². The van der Waals surface area contributed by atoms with Crippen molar-refractivity contribution in [2.75, 3.05) is 6.54 Å². The lowest BCUT2D eigenvalue weighted by molar-refractivity contribution is -0.128. The van der Waals surface area contributed by atoms with Crippen molar-refractivity contribution in [1.29, 1.82) is 5.26 Å². The Kier molecular flexibility index (Phi) is 4.46. The van der Waals surface area contributed by atoms with Crippen molar-refractivity contribution in [2.45, 2.75) is 6.54 Å². The van der Waals surface area contributed by atoms with E-state index in [-0.39, 0.29) is 23.8 Å². The lowest BCUT2D eigenvalue weighted by atomic mass is 10.1. The zero-order chi connectivity index (χ0) is 18.0. The quantitative estimate of drug-likeness (QED) is 0.396. The summed E-state index contributed by atoms with van der Waals surface area (Å²) in [5.41, 5.74) is 1.55. The van der Waals surface area contributed by atoms with Gasteiger partial charge in [0.2, 0.25) is 0 Å². The summed E-state index contributed by atoms with van der Waals surface area (Å²) >= 11 is 5.04. The van der Waals surface area contributed by atoms with Crippen LogP contribution in [0.1, 0.15) is 5.56 Å². The first kappa shape index (κ1) is 16.6. The first-order chi connectivity index (χ1) is 12.1. The smallest absolute Gasteiger partial charge is 0.265 e. The van der Waals surface area contributed by atoms with Gasteiger partial charge in [-0.3, -0.25) is 19.8 Å². The number of benzene rings is 1. The largest absolute Gasteiger partial charge is 0.333 e. The van der Waals surface area contributed by atoms with Gasteiger partial charge >= 0.3 is 0 Å². The molecule has 25 heavy (non-hydrogen) atoms. The maximum Gasteiger partial charge on any atom is 0.265 e. The average molecular weight is 350 g/mol. The molecule has 0 atom stereocenters. The zero-order valence-electron chi connectivity index (χ0n) is 13.2. The number of aromatic nitrogens is 1. The highest BCUT2D eigenvalue weighted by atomic mass is 32.1. The number of carbonyl (C=O) groups excluding carboxylic acids is 2. The van der Waals surface area contributed by atoms with E-state index in [9.17, 15) is 9.59 Å². The summed E-state index contributed by atoms with van der Waals surface area (Å²) in [7, 11) is 0. The molecule has 1 N–H and O–H groups in total. The van der Waals surface area contributed by atoms with E-state index in [1.807, 2.05) is 24.3 Å². The number of amides is 2. The standard InChI is InChI=1S/C18H14N4O2S/c1-2-8-22-17(24)14(16(23)20-18(22)25)10-12-11-21(9-7-19)15-6-4-3-5-13(12)15/h2-6,10-11H,1,8-9H2,(H,20,23,25)/b14-10+. The first-order valence-electron chi connectivity index (χ1n) is 7.51. The van der Waals surface area contributed by atoms with Crippen LogP contribution in [0, 0.1) is 11.3 Å². The Morgan fingerprint density at radius 1 is 1.32 bits per heavy atom. The molecule has 0 bridgehead atoms. The molecule has 1 saturated heterocycles. The van der Waals surface area contributed by atoms with Gasteiger partial charge in [0.15, 0.2) is 5.11 Å². The summed E-state index contributed by atoms with van der Waals surface area (Å²) in [5.74, 6) is -1.00. The Bertz CT molecular complexity index is 981. The number of nitrogens with one attached hydrogen (secondary N) is 1. The lowest BCUT2D eigenvalue weighted by Gasteiger charge is -2.27. The van der Waals surface area contributed by atoms with Gasteiger partial charge in [-0.15, -0.1) is 6.58 Å². The normalized spacial score (nSPS) is 16.2. The second kappa shape index (κ2) is 6.71. The van der Waals surface area contributed by atoms with E-state index >= 15 is 0 Å². The van der Waals surface area contributed by atoms with E-state index in [0.29, 0.717) is 5.56 Å². The Balaban J connectivity index is 2.10. The molecule has 1 aliphatic rings. The first-order valence-corrected chi connectivity index (χ1v) is 7.92. The minimum Gasteiger partial charge on any atom is -0.333 e. The Morgan fingerprint density at radius 3 is 2.80 bits per heavy atom. The number of hydrogen-bond acceptors (Lipinski definition) is 4. The van der Waals surface area contributed by atoms with E-state index in [1.54, 1.807) is 10.8 Å². The molecule has 0 aliphatic carbocycles. The van der Waals surface area contributed by atoms with Gasteiger partial charge in [-0.1, -0.05) is 24.3 Å². The highest BCUT2D eigenvalue weighted by Crippen LogP contribution is 2.24. The SMILES string of the molecule is C=CCN1C(=O)/C(=C/c2cn(CC#N)c3ccccc23)C(=O)NC1=S. The van der Waals surface area contributed by atoms with E-state index in [2.05, 4.69) is 18.0 Å². The maximum atomic E-state index is 12.6. The second-order valence-electron chi connectivity index (χ2n) is 5.41. The summed E-state index contributed by atoms with van der Waals surface area (Å²) in [6.45, 7) is 3.99. The molecule has 1 aromatic carbocycles. The summed E-state index contributed by atoms with van der Waals surface area (Å²) < 4.78 is 1.78. The van der Waals surface area contributed by atoms with Gasteiger partial charge in [-0.2, -0.15) is 5.26 Å². The van der Waals surface area contributed by atoms with Gasteiger partial charge in [0.25, 0.3) is 11.8 Å². The minimum absolute atomic E-state index is 0.00434. The fourth-order valence-corrected chi connectivity index (χ4v) is 2.99. The van der Waals surface area contributed by atoms with Crippen molar-refractivity contribution in [3.05, 3.63) is 54.3 Å². The minimum atomic E-state index is -0.535. The summed E-state index contributed by atoms with van der Waals surface area (Å²) in [6, 6.07) is 9.60. The van der Waals surface area contributed by atoms with E-state index in [1.165, 1.54) is 17.1 Å². The molecule has 0 saturated carbocycles. The third-order valence-corrected chi connectivity index (χ3v) is 4.18. The molecule has 124 valence electrons. The molecule has 2 heterocycles. The van der Waals surface area contributed by atoms with Crippen molar-refractivity contribution < 1.29 is 9.59 Å². The Hall–Kier alpha value is -3.24. The van der Waals surface area contributed by atoms with Crippen molar-refractivity contribution in [2.24, 2.45) is 0 Å². The molecule has 0 spiro atoms. The molecule has 1 fully saturated rings. The monoisotopic (exact) mass is 350 g/mol. The van der Waals surface area contributed by atoms with Gasteiger partial charge in [0.1, 0.15) is 12.1 Å². The molecule has 0 radical (unpaired) electrons. The highest BCUT2D eigenvalue weighted by Gasteiger charge is 2.32. The van der Waals surface area contributed by atoms with Crippen LogP contribution in [-0.2, 0) is 16.1 Å². The van der Waals surface area contributed by atoms with Crippen LogP contribution in [-0.4, -0.2) is 32.9 Å². The molecule has 6 nitrogen and oxygen atoms in total. The van der Waals surface area contributed by atoms with Gasteiger partial charge in [0, 0.05) is 29.2 Å². The summed E-state index contributed by atoms with van der Waals surface area (Å²) in [6.07, 6.45) is 4.83. The van der Waals surface area contributed by atoms with E-state index in [4.69, 9.17) is 17.5 Å². The van der Waals surface area contributed by atoms with Crippen LogP contribution in [0.3, 0.4) is 0 Å². The van der Waals surface area contributed by atoms with Crippen LogP contribution in [0.15, 0.2) is 48.7 Å². The number of hydrogen-bond donors (Lipinski definition) is 1. The summed E-state index contributed by atoms with van der Waals surface area (Å²) in [4.78, 5) is 26.1. The highest BCUT2D eigenvalue weighted by molar-refractivity contribution is 7.80. The van der Waals surface area contributed by atoms with Crippen molar-refractivity contribution in [1.82, 2.24) is 14.8 Å². The molecule has 1 aromatic heterocycles. The number of nitrogens with zero attached hydrogens (tertiary/aromatic N) is 3. The average Bonchev–Trinajstić information content (AvgIpc) is 2.94. The maximum absolute atomic E-state index is 12.6. The van der Waals surface area contributed by atoms with Crippen molar-refractivity contribution in [3.8, 4) is 6.07 Å². The predicted molar refractivity (Wildman–Crippen MR) is 98.2 cm³/mol. The predicted octanol–water partition coefficient (Wildman–Crippen LogP) is 1.98. The Labute approximate surface area is 149 Å².